The number of thiazole rings is 1. The first-order valence-electron chi connectivity index (χ1n) is 6.27. The molecule has 1 heterocycles. The predicted molar refractivity (Wildman–Crippen MR) is 72.7 cm³/mol. The zero-order valence-corrected chi connectivity index (χ0v) is 11.5. The maximum Gasteiger partial charge on any atom is 0.350 e. The number of nitrogens with one attached hydrogen (secondary N) is 1. The first kappa shape index (κ1) is 13.6. The molecule has 0 radical (unpaired) electrons. The van der Waals surface area contributed by atoms with Gasteiger partial charge in [0.2, 0.25) is 0 Å². The van der Waals surface area contributed by atoms with E-state index in [1.54, 1.807) is 18.3 Å². The number of carbonyl (C=O) groups excluding carboxylic acids is 1. The maximum atomic E-state index is 11.4. The van der Waals surface area contributed by atoms with Gasteiger partial charge in [-0.2, -0.15) is 5.26 Å². The highest BCUT2D eigenvalue weighted by Gasteiger charge is 2.15. The normalized spacial score (nSPS) is 14.4. The number of aromatic nitrogens is 1. The first-order valence-corrected chi connectivity index (χ1v) is 7.08. The van der Waals surface area contributed by atoms with Gasteiger partial charge in [0, 0.05) is 11.1 Å². The summed E-state index contributed by atoms with van der Waals surface area (Å²) in [4.78, 5) is 17.2. The molecular formula is C13H15N3O2S. The van der Waals surface area contributed by atoms with E-state index in [9.17, 15) is 4.79 Å². The summed E-state index contributed by atoms with van der Waals surface area (Å²) in [6.07, 6.45) is 5.83. The quantitative estimate of drug-likeness (QED) is 0.519. The molecule has 1 aromatic heterocycles. The average Bonchev–Trinajstić information content (AvgIpc) is 2.82. The number of nitriles is 1. The third-order valence-electron chi connectivity index (χ3n) is 2.80. The molecule has 0 amide bonds. The lowest BCUT2D eigenvalue weighted by Gasteiger charge is -2.06. The van der Waals surface area contributed by atoms with Crippen LogP contribution in [0.2, 0.25) is 0 Å². The highest BCUT2D eigenvalue weighted by Crippen LogP contribution is 2.29. The number of ether oxygens (including phenoxy) is 1. The Bertz CT molecular complexity index is 519. The van der Waals surface area contributed by atoms with E-state index in [4.69, 9.17) is 10.00 Å². The monoisotopic (exact) mass is 277 g/mol. The second kappa shape index (κ2) is 6.34. The number of carbonyl (C=O) groups is 1. The van der Waals surface area contributed by atoms with Crippen molar-refractivity contribution >= 4 is 22.4 Å². The molecule has 0 saturated carbocycles. The van der Waals surface area contributed by atoms with Crippen molar-refractivity contribution in [2.24, 2.45) is 0 Å². The van der Waals surface area contributed by atoms with E-state index in [1.807, 2.05) is 6.07 Å². The summed E-state index contributed by atoms with van der Waals surface area (Å²) in [6, 6.07) is 1.82. The largest absolute Gasteiger partial charge is 0.462 e. The minimum atomic E-state index is -0.612. The number of esters is 1. The predicted octanol–water partition coefficient (Wildman–Crippen LogP) is 2.40. The fourth-order valence-corrected chi connectivity index (χ4v) is 2.91. The second-order valence-electron chi connectivity index (χ2n) is 4.13. The van der Waals surface area contributed by atoms with Crippen LogP contribution in [0.5, 0.6) is 0 Å². The molecule has 0 atom stereocenters. The van der Waals surface area contributed by atoms with Crippen LogP contribution in [0.15, 0.2) is 11.8 Å². The lowest BCUT2D eigenvalue weighted by molar-refractivity contribution is -0.138. The number of hydrogen-bond acceptors (Lipinski definition) is 6. The van der Waals surface area contributed by atoms with E-state index in [2.05, 4.69) is 10.3 Å². The van der Waals surface area contributed by atoms with Gasteiger partial charge in [0.15, 0.2) is 10.7 Å². The van der Waals surface area contributed by atoms with Gasteiger partial charge in [0.05, 0.1) is 12.3 Å². The van der Waals surface area contributed by atoms with Crippen molar-refractivity contribution < 1.29 is 9.53 Å². The average molecular weight is 277 g/mol. The van der Waals surface area contributed by atoms with Crippen molar-refractivity contribution in [1.29, 1.82) is 5.26 Å². The van der Waals surface area contributed by atoms with E-state index >= 15 is 0 Å². The lowest BCUT2D eigenvalue weighted by Crippen LogP contribution is -2.07. The Morgan fingerprint density at radius 2 is 2.37 bits per heavy atom. The van der Waals surface area contributed by atoms with Crippen LogP contribution in [0.3, 0.4) is 0 Å². The molecule has 0 fully saturated rings. The molecule has 0 saturated heterocycles. The fourth-order valence-electron chi connectivity index (χ4n) is 1.89. The Morgan fingerprint density at radius 1 is 1.58 bits per heavy atom. The van der Waals surface area contributed by atoms with Crippen LogP contribution in [0.4, 0.5) is 5.13 Å². The summed E-state index contributed by atoms with van der Waals surface area (Å²) in [7, 11) is 0. The van der Waals surface area contributed by atoms with Crippen LogP contribution in [0.25, 0.3) is 0 Å². The van der Waals surface area contributed by atoms with Crippen molar-refractivity contribution in [2.45, 2.75) is 32.6 Å². The Kier molecular flexibility index (Phi) is 4.53. The van der Waals surface area contributed by atoms with Gasteiger partial charge in [-0.05, 0) is 32.6 Å². The highest BCUT2D eigenvalue weighted by atomic mass is 32.1. The Morgan fingerprint density at radius 3 is 3.05 bits per heavy atom. The van der Waals surface area contributed by atoms with Crippen molar-refractivity contribution in [3.05, 3.63) is 22.3 Å². The Labute approximate surface area is 115 Å². The maximum absolute atomic E-state index is 11.4. The molecule has 1 aromatic rings. The molecular weight excluding hydrogens is 262 g/mol. The zero-order valence-electron chi connectivity index (χ0n) is 10.7. The number of rotatable bonds is 4. The van der Waals surface area contributed by atoms with E-state index in [-0.39, 0.29) is 12.2 Å². The molecule has 19 heavy (non-hydrogen) atoms. The van der Waals surface area contributed by atoms with Gasteiger partial charge in [0.1, 0.15) is 6.07 Å². The van der Waals surface area contributed by atoms with Crippen LogP contribution in [-0.4, -0.2) is 17.6 Å². The van der Waals surface area contributed by atoms with Crippen LogP contribution >= 0.6 is 11.3 Å². The van der Waals surface area contributed by atoms with Crippen LogP contribution in [-0.2, 0) is 22.4 Å². The van der Waals surface area contributed by atoms with Crippen molar-refractivity contribution in [2.75, 3.05) is 11.9 Å². The molecule has 1 aliphatic carbocycles. The van der Waals surface area contributed by atoms with Crippen molar-refractivity contribution in [3.63, 3.8) is 0 Å². The second-order valence-corrected chi connectivity index (χ2v) is 5.21. The molecule has 0 bridgehead atoms. The lowest BCUT2D eigenvalue weighted by atomic mass is 10.0. The van der Waals surface area contributed by atoms with Gasteiger partial charge in [-0.15, -0.1) is 11.3 Å². The van der Waals surface area contributed by atoms with Gasteiger partial charge in [-0.3, -0.25) is 0 Å². The molecule has 0 aromatic carbocycles. The topological polar surface area (TPSA) is 75.0 Å². The summed E-state index contributed by atoms with van der Waals surface area (Å²) in [5.41, 5.74) is 1.09. The van der Waals surface area contributed by atoms with Gasteiger partial charge < -0.3 is 10.1 Å². The Balaban J connectivity index is 2.06. The Hall–Kier alpha value is -1.87. The molecule has 0 spiro atoms. The zero-order chi connectivity index (χ0) is 13.7. The third kappa shape index (κ3) is 3.32. The molecule has 6 heteroatoms. The minimum Gasteiger partial charge on any atom is -0.462 e. The van der Waals surface area contributed by atoms with Crippen molar-refractivity contribution in [1.82, 2.24) is 4.98 Å². The molecule has 0 unspecified atom stereocenters. The summed E-state index contributed by atoms with van der Waals surface area (Å²) >= 11 is 1.58. The van der Waals surface area contributed by atoms with E-state index < -0.39 is 5.97 Å². The molecule has 100 valence electrons. The summed E-state index contributed by atoms with van der Waals surface area (Å²) < 4.78 is 4.78. The number of fused-ring (bicyclic) bond motifs is 1. The van der Waals surface area contributed by atoms with E-state index in [0.717, 1.165) is 23.7 Å². The number of nitrogens with zero attached hydrogens (tertiary/aromatic N) is 2. The summed E-state index contributed by atoms with van der Waals surface area (Å²) in [5.74, 6) is -0.612. The molecule has 1 N–H and O–H groups in total. The molecule has 5 nitrogen and oxygen atoms in total. The first-order chi connectivity index (χ1) is 9.24. The number of anilines is 1. The number of hydrogen-bond donors (Lipinski definition) is 1. The SMILES string of the molecule is CCOC(=O)/C(C#N)=C/Nc1nc2c(s1)CCCC2. The van der Waals surface area contributed by atoms with Crippen LogP contribution in [0.1, 0.15) is 30.3 Å². The van der Waals surface area contributed by atoms with E-state index in [0.29, 0.717) is 0 Å². The van der Waals surface area contributed by atoms with Gasteiger partial charge in [-0.1, -0.05) is 0 Å². The van der Waals surface area contributed by atoms with Gasteiger partial charge >= 0.3 is 5.97 Å². The van der Waals surface area contributed by atoms with Crippen LogP contribution in [0, 0.1) is 11.3 Å². The third-order valence-corrected chi connectivity index (χ3v) is 3.89. The van der Waals surface area contributed by atoms with Crippen molar-refractivity contribution in [3.8, 4) is 6.07 Å². The minimum absolute atomic E-state index is 0.0463. The highest BCUT2D eigenvalue weighted by molar-refractivity contribution is 7.15. The molecule has 1 aliphatic rings. The van der Waals surface area contributed by atoms with E-state index in [1.165, 1.54) is 23.9 Å². The standard InChI is InChI=1S/C13H15N3O2S/c1-2-18-12(17)9(7-14)8-15-13-16-10-5-3-4-6-11(10)19-13/h8H,2-6H2,1H3,(H,15,16)/b9-8+. The van der Waals surface area contributed by atoms with Crippen LogP contribution < -0.4 is 5.32 Å². The molecule has 0 aliphatic heterocycles. The van der Waals surface area contributed by atoms with Gasteiger partial charge in [-0.25, -0.2) is 9.78 Å². The summed E-state index contributed by atoms with van der Waals surface area (Å²) in [5, 5.41) is 12.5. The van der Waals surface area contributed by atoms with Gasteiger partial charge in [0.25, 0.3) is 0 Å². The number of aryl methyl sites for hydroxylation is 2. The molecule has 2 rings (SSSR count). The summed E-state index contributed by atoms with van der Waals surface area (Å²) in [6.45, 7) is 1.96. The smallest absolute Gasteiger partial charge is 0.350 e. The fraction of sp³-hybridized carbons (Fsp3) is 0.462.